The molecule has 0 saturated carbocycles. The lowest BCUT2D eigenvalue weighted by molar-refractivity contribution is 0.494. The van der Waals surface area contributed by atoms with E-state index < -0.39 is 11.6 Å². The molecule has 0 heterocycles. The van der Waals surface area contributed by atoms with E-state index in [-0.39, 0.29) is 0 Å². The molecule has 0 bridgehead atoms. The van der Waals surface area contributed by atoms with Crippen LogP contribution in [0.5, 0.6) is 0 Å². The van der Waals surface area contributed by atoms with Crippen molar-refractivity contribution in [2.24, 2.45) is 0 Å². The van der Waals surface area contributed by atoms with Crippen LogP contribution in [0, 0.1) is 11.6 Å². The molecule has 0 saturated heterocycles. The van der Waals surface area contributed by atoms with Gasteiger partial charge in [0.25, 0.3) is 0 Å². The Hall–Kier alpha value is -0.670. The lowest BCUT2D eigenvalue weighted by Gasteiger charge is -2.04. The summed E-state index contributed by atoms with van der Waals surface area (Å²) in [6.07, 6.45) is 0. The number of rotatable bonds is 4. The molecule has 1 aromatic carbocycles. The first-order valence-electron chi connectivity index (χ1n) is 3.95. The van der Waals surface area contributed by atoms with Crippen molar-refractivity contribution in [2.45, 2.75) is 6.54 Å². The van der Waals surface area contributed by atoms with Crippen molar-refractivity contribution in [3.8, 4) is 0 Å². The van der Waals surface area contributed by atoms with E-state index in [1.54, 1.807) is 6.07 Å². The molecule has 72 valence electrons. The summed E-state index contributed by atoms with van der Waals surface area (Å²) in [6, 6.07) is 4.12. The molecule has 1 N–H and O–H groups in total. The molecular weight excluding hydrogens is 196 g/mol. The molecule has 0 atom stereocenters. The summed E-state index contributed by atoms with van der Waals surface area (Å²) >= 11 is 5.41. The average Bonchev–Trinajstić information content (AvgIpc) is 2.13. The molecule has 0 spiro atoms. The van der Waals surface area contributed by atoms with Crippen LogP contribution in [0.1, 0.15) is 5.56 Å². The van der Waals surface area contributed by atoms with Crippen molar-refractivity contribution < 1.29 is 8.78 Å². The minimum absolute atomic E-state index is 0.302. The van der Waals surface area contributed by atoms with Crippen LogP contribution in [0.3, 0.4) is 0 Å². The Morgan fingerprint density at radius 2 is 2.08 bits per heavy atom. The fourth-order valence-corrected chi connectivity index (χ4v) is 1.11. The predicted molar refractivity (Wildman–Crippen MR) is 48.8 cm³/mol. The van der Waals surface area contributed by atoms with Gasteiger partial charge in [0.2, 0.25) is 0 Å². The Morgan fingerprint density at radius 1 is 1.31 bits per heavy atom. The van der Waals surface area contributed by atoms with E-state index in [1.165, 1.54) is 6.07 Å². The molecule has 0 fully saturated rings. The maximum absolute atomic E-state index is 13.0. The Morgan fingerprint density at radius 3 is 2.77 bits per heavy atom. The van der Waals surface area contributed by atoms with E-state index in [2.05, 4.69) is 5.32 Å². The molecule has 0 aliphatic carbocycles. The van der Waals surface area contributed by atoms with Crippen LogP contribution in [0.4, 0.5) is 8.78 Å². The van der Waals surface area contributed by atoms with Crippen molar-refractivity contribution in [2.75, 3.05) is 12.4 Å². The van der Waals surface area contributed by atoms with Crippen molar-refractivity contribution in [3.63, 3.8) is 0 Å². The van der Waals surface area contributed by atoms with Gasteiger partial charge in [-0.2, -0.15) is 0 Å². The first-order chi connectivity index (χ1) is 6.25. The van der Waals surface area contributed by atoms with Gasteiger partial charge in [-0.3, -0.25) is 0 Å². The summed E-state index contributed by atoms with van der Waals surface area (Å²) in [5.41, 5.74) is 0.324. The fourth-order valence-electron chi connectivity index (χ4n) is 0.975. The van der Waals surface area contributed by atoms with E-state index in [1.807, 2.05) is 0 Å². The molecule has 1 aromatic rings. The topological polar surface area (TPSA) is 12.0 Å². The van der Waals surface area contributed by atoms with Gasteiger partial charge in [0.1, 0.15) is 0 Å². The Labute approximate surface area is 80.7 Å². The van der Waals surface area contributed by atoms with Crippen molar-refractivity contribution in [3.05, 3.63) is 35.4 Å². The Balaban J connectivity index is 2.61. The van der Waals surface area contributed by atoms with E-state index in [9.17, 15) is 8.78 Å². The van der Waals surface area contributed by atoms with Crippen molar-refractivity contribution in [1.82, 2.24) is 5.32 Å². The SMILES string of the molecule is Fc1cccc(CNCCCl)c1F. The summed E-state index contributed by atoms with van der Waals surface area (Å²) in [4.78, 5) is 0. The van der Waals surface area contributed by atoms with Gasteiger partial charge >= 0.3 is 0 Å². The quantitative estimate of drug-likeness (QED) is 0.588. The first kappa shape index (κ1) is 10.4. The molecule has 13 heavy (non-hydrogen) atoms. The van der Waals surface area contributed by atoms with Gasteiger partial charge in [0, 0.05) is 24.5 Å². The lowest BCUT2D eigenvalue weighted by Crippen LogP contribution is -2.16. The number of halogens is 3. The maximum atomic E-state index is 13.0. The average molecular weight is 206 g/mol. The fraction of sp³-hybridized carbons (Fsp3) is 0.333. The van der Waals surface area contributed by atoms with Gasteiger partial charge in [-0.1, -0.05) is 12.1 Å². The van der Waals surface area contributed by atoms with Crippen molar-refractivity contribution in [1.29, 1.82) is 0 Å². The third-order valence-corrected chi connectivity index (χ3v) is 1.81. The van der Waals surface area contributed by atoms with Crippen molar-refractivity contribution >= 4 is 11.6 Å². The highest BCUT2D eigenvalue weighted by molar-refractivity contribution is 6.18. The number of hydrogen-bond donors (Lipinski definition) is 1. The van der Waals surface area contributed by atoms with Gasteiger partial charge < -0.3 is 5.32 Å². The Kier molecular flexibility index (Phi) is 4.12. The highest BCUT2D eigenvalue weighted by Gasteiger charge is 2.05. The molecular formula is C9H10ClF2N. The minimum atomic E-state index is -0.815. The van der Waals surface area contributed by atoms with Crippen LogP contribution in [-0.2, 0) is 6.54 Å². The zero-order chi connectivity index (χ0) is 9.68. The highest BCUT2D eigenvalue weighted by Crippen LogP contribution is 2.10. The van der Waals surface area contributed by atoms with Gasteiger partial charge in [-0.15, -0.1) is 11.6 Å². The van der Waals surface area contributed by atoms with Crippen LogP contribution in [0.25, 0.3) is 0 Å². The van der Waals surface area contributed by atoms with Gasteiger partial charge in [-0.05, 0) is 6.07 Å². The van der Waals surface area contributed by atoms with Gasteiger partial charge in [0.05, 0.1) is 0 Å². The third-order valence-electron chi connectivity index (χ3n) is 1.62. The zero-order valence-electron chi connectivity index (χ0n) is 6.99. The zero-order valence-corrected chi connectivity index (χ0v) is 7.74. The van der Waals surface area contributed by atoms with E-state index in [0.717, 1.165) is 6.07 Å². The molecule has 0 amide bonds. The molecule has 0 radical (unpaired) electrons. The highest BCUT2D eigenvalue weighted by atomic mass is 35.5. The van der Waals surface area contributed by atoms with Crippen LogP contribution in [-0.4, -0.2) is 12.4 Å². The smallest absolute Gasteiger partial charge is 0.163 e. The molecule has 0 aliphatic rings. The Bertz CT molecular complexity index is 278. The first-order valence-corrected chi connectivity index (χ1v) is 4.48. The van der Waals surface area contributed by atoms with Crippen LogP contribution in [0.2, 0.25) is 0 Å². The molecule has 0 unspecified atom stereocenters. The van der Waals surface area contributed by atoms with Crippen LogP contribution < -0.4 is 5.32 Å². The lowest BCUT2D eigenvalue weighted by atomic mass is 10.2. The molecule has 0 aliphatic heterocycles. The minimum Gasteiger partial charge on any atom is -0.311 e. The standard InChI is InChI=1S/C9H10ClF2N/c10-4-5-13-6-7-2-1-3-8(11)9(7)12/h1-3,13H,4-6H2. The number of nitrogens with one attached hydrogen (secondary N) is 1. The molecule has 0 aromatic heterocycles. The molecule has 4 heteroatoms. The number of hydrogen-bond acceptors (Lipinski definition) is 1. The summed E-state index contributed by atoms with van der Waals surface area (Å²) in [6.45, 7) is 0.883. The van der Waals surface area contributed by atoms with Crippen LogP contribution in [0.15, 0.2) is 18.2 Å². The summed E-state index contributed by atoms with van der Waals surface area (Å²) in [5, 5.41) is 2.88. The van der Waals surface area contributed by atoms with Gasteiger partial charge in [0.15, 0.2) is 11.6 Å². The third kappa shape index (κ3) is 2.94. The second-order valence-corrected chi connectivity index (χ2v) is 2.96. The van der Waals surface area contributed by atoms with E-state index in [4.69, 9.17) is 11.6 Å². The second-order valence-electron chi connectivity index (χ2n) is 2.58. The summed E-state index contributed by atoms with van der Waals surface area (Å²) in [5.74, 6) is -1.15. The van der Waals surface area contributed by atoms with Crippen LogP contribution >= 0.6 is 11.6 Å². The van der Waals surface area contributed by atoms with Gasteiger partial charge in [-0.25, -0.2) is 8.78 Å². The summed E-state index contributed by atoms with van der Waals surface area (Å²) < 4.78 is 25.6. The predicted octanol–water partition coefficient (Wildman–Crippen LogP) is 2.29. The number of benzene rings is 1. The largest absolute Gasteiger partial charge is 0.311 e. The summed E-state index contributed by atoms with van der Waals surface area (Å²) in [7, 11) is 0. The molecule has 1 nitrogen and oxygen atoms in total. The second kappa shape index (κ2) is 5.14. The van der Waals surface area contributed by atoms with E-state index in [0.29, 0.717) is 24.5 Å². The monoisotopic (exact) mass is 205 g/mol. The molecule has 1 rings (SSSR count). The van der Waals surface area contributed by atoms with E-state index >= 15 is 0 Å². The maximum Gasteiger partial charge on any atom is 0.163 e. The number of alkyl halides is 1. The normalized spacial score (nSPS) is 10.4.